The molecule has 0 amide bonds. The highest BCUT2D eigenvalue weighted by molar-refractivity contribution is 6.05. The van der Waals surface area contributed by atoms with E-state index in [1.807, 2.05) is 0 Å². The van der Waals surface area contributed by atoms with Crippen LogP contribution in [0.4, 0.5) is 13.2 Å². The number of benzene rings is 1. The lowest BCUT2D eigenvalue weighted by Crippen LogP contribution is -2.21. The number of hydrogen-bond donors (Lipinski definition) is 0. The van der Waals surface area contributed by atoms with Crippen LogP contribution < -0.4 is 0 Å². The number of halogens is 3. The van der Waals surface area contributed by atoms with E-state index in [2.05, 4.69) is 0 Å². The van der Waals surface area contributed by atoms with Gasteiger partial charge < -0.3 is 0 Å². The van der Waals surface area contributed by atoms with Crippen LogP contribution in [0.1, 0.15) is 35.3 Å². The number of rotatable bonds is 0. The van der Waals surface area contributed by atoms with Crippen LogP contribution in [0.15, 0.2) is 18.2 Å². The summed E-state index contributed by atoms with van der Waals surface area (Å²) in [6.07, 6.45) is -4.08. The minimum Gasteiger partial charge on any atom is -0.294 e. The zero-order valence-corrected chi connectivity index (χ0v) is 8.98. The minimum absolute atomic E-state index is 0.139. The maximum Gasteiger partial charge on any atom is 0.417 e. The molecular formula is C12H11F3O. The summed E-state index contributed by atoms with van der Waals surface area (Å²) in [5.74, 6) is -0.407. The van der Waals surface area contributed by atoms with Crippen LogP contribution in [0.5, 0.6) is 0 Å². The zero-order valence-electron chi connectivity index (χ0n) is 8.98. The quantitative estimate of drug-likeness (QED) is 0.664. The summed E-state index contributed by atoms with van der Waals surface area (Å²) in [6, 6.07) is 3.92. The number of Topliss-reactive ketones (excluding diaryl/α,β-unsaturated/α-hetero) is 1. The van der Waals surface area contributed by atoms with Crippen molar-refractivity contribution in [3.05, 3.63) is 34.9 Å². The third-order valence-electron chi connectivity index (χ3n) is 2.93. The maximum absolute atomic E-state index is 12.7. The fourth-order valence-electron chi connectivity index (χ4n) is 2.15. The van der Waals surface area contributed by atoms with Crippen LogP contribution in [0, 0.1) is 5.41 Å². The summed E-state index contributed by atoms with van der Waals surface area (Å²) >= 11 is 0. The molecule has 1 aliphatic carbocycles. The van der Waals surface area contributed by atoms with Gasteiger partial charge in [-0.05, 0) is 18.1 Å². The lowest BCUT2D eigenvalue weighted by atomic mass is 9.88. The van der Waals surface area contributed by atoms with Gasteiger partial charge in [0.2, 0.25) is 0 Å². The molecule has 0 unspecified atom stereocenters. The Morgan fingerprint density at radius 2 is 1.88 bits per heavy atom. The Kier molecular flexibility index (Phi) is 2.16. The Bertz CT molecular complexity index is 458. The van der Waals surface area contributed by atoms with Gasteiger partial charge >= 0.3 is 6.18 Å². The molecule has 1 nitrogen and oxygen atoms in total. The van der Waals surface area contributed by atoms with Gasteiger partial charge in [-0.25, -0.2) is 0 Å². The van der Waals surface area contributed by atoms with Gasteiger partial charge in [-0.2, -0.15) is 13.2 Å². The molecule has 1 aromatic carbocycles. The molecule has 1 aromatic rings. The molecule has 2 rings (SSSR count). The molecule has 0 saturated carbocycles. The van der Waals surface area contributed by atoms with E-state index in [1.54, 1.807) is 19.9 Å². The molecule has 0 fully saturated rings. The van der Waals surface area contributed by atoms with Crippen molar-refractivity contribution in [1.82, 2.24) is 0 Å². The summed E-state index contributed by atoms with van der Waals surface area (Å²) in [4.78, 5) is 11.9. The van der Waals surface area contributed by atoms with E-state index in [9.17, 15) is 18.0 Å². The SMILES string of the molecule is CC1(C)Cc2cccc(C(F)(F)F)c2C1=O. The number of hydrogen-bond acceptors (Lipinski definition) is 1. The van der Waals surface area contributed by atoms with E-state index in [0.717, 1.165) is 6.07 Å². The second-order valence-electron chi connectivity index (χ2n) is 4.73. The number of carbonyl (C=O) groups excluding carboxylic acids is 1. The highest BCUT2D eigenvalue weighted by Crippen LogP contribution is 2.42. The lowest BCUT2D eigenvalue weighted by Gasteiger charge is -2.14. The molecule has 1 aliphatic rings. The molecule has 0 aliphatic heterocycles. The van der Waals surface area contributed by atoms with Crippen LogP contribution in [-0.2, 0) is 12.6 Å². The average molecular weight is 228 g/mol. The van der Waals surface area contributed by atoms with Crippen molar-refractivity contribution < 1.29 is 18.0 Å². The van der Waals surface area contributed by atoms with Crippen LogP contribution in [0.2, 0.25) is 0 Å². The van der Waals surface area contributed by atoms with Crippen molar-refractivity contribution in [2.24, 2.45) is 5.41 Å². The van der Waals surface area contributed by atoms with Crippen LogP contribution >= 0.6 is 0 Å². The van der Waals surface area contributed by atoms with Crippen LogP contribution in [-0.4, -0.2) is 5.78 Å². The van der Waals surface area contributed by atoms with Crippen molar-refractivity contribution in [1.29, 1.82) is 0 Å². The first-order valence-electron chi connectivity index (χ1n) is 4.97. The van der Waals surface area contributed by atoms with Gasteiger partial charge in [-0.3, -0.25) is 4.79 Å². The molecule has 0 N–H and O–H groups in total. The number of carbonyl (C=O) groups is 1. The molecule has 86 valence electrons. The third-order valence-corrected chi connectivity index (χ3v) is 2.93. The first-order chi connectivity index (χ1) is 7.23. The molecule has 0 aromatic heterocycles. The number of fused-ring (bicyclic) bond motifs is 1. The molecule has 0 atom stereocenters. The van der Waals surface area contributed by atoms with E-state index >= 15 is 0 Å². The normalized spacial score (nSPS) is 18.7. The highest BCUT2D eigenvalue weighted by atomic mass is 19.4. The average Bonchev–Trinajstić information content (AvgIpc) is 2.36. The number of alkyl halides is 3. The monoisotopic (exact) mass is 228 g/mol. The molecule has 16 heavy (non-hydrogen) atoms. The van der Waals surface area contributed by atoms with E-state index < -0.39 is 22.9 Å². The molecule has 0 spiro atoms. The van der Waals surface area contributed by atoms with Gasteiger partial charge in [-0.15, -0.1) is 0 Å². The third kappa shape index (κ3) is 1.52. The predicted octanol–water partition coefficient (Wildman–Crippen LogP) is 3.47. The van der Waals surface area contributed by atoms with Gasteiger partial charge in [0.05, 0.1) is 5.56 Å². The van der Waals surface area contributed by atoms with Crippen LogP contribution in [0.25, 0.3) is 0 Å². The second kappa shape index (κ2) is 3.09. The largest absolute Gasteiger partial charge is 0.417 e. The molecule has 0 saturated heterocycles. The topological polar surface area (TPSA) is 17.1 Å². The summed E-state index contributed by atoms with van der Waals surface area (Å²) in [5.41, 5.74) is -1.16. The summed E-state index contributed by atoms with van der Waals surface area (Å²) in [7, 11) is 0. The van der Waals surface area contributed by atoms with Crippen molar-refractivity contribution in [2.75, 3.05) is 0 Å². The standard InChI is InChI=1S/C12H11F3O/c1-11(2)6-7-4-3-5-8(12(13,14)15)9(7)10(11)16/h3-5H,6H2,1-2H3. The minimum atomic E-state index is -4.46. The molecule has 0 bridgehead atoms. The Morgan fingerprint density at radius 3 is 2.44 bits per heavy atom. The first kappa shape index (κ1) is 11.2. The van der Waals surface area contributed by atoms with Gasteiger partial charge in [0.25, 0.3) is 0 Å². The summed E-state index contributed by atoms with van der Waals surface area (Å²) in [6.45, 7) is 3.35. The fourth-order valence-corrected chi connectivity index (χ4v) is 2.15. The van der Waals surface area contributed by atoms with Crippen molar-refractivity contribution in [3.63, 3.8) is 0 Å². The Balaban J connectivity index is 2.65. The Labute approximate surface area is 91.3 Å². The van der Waals surface area contributed by atoms with Crippen LogP contribution in [0.3, 0.4) is 0 Å². The van der Waals surface area contributed by atoms with E-state index in [4.69, 9.17) is 0 Å². The fraction of sp³-hybridized carbons (Fsp3) is 0.417. The predicted molar refractivity (Wildman–Crippen MR) is 53.3 cm³/mol. The van der Waals surface area contributed by atoms with Crippen molar-refractivity contribution in [3.8, 4) is 0 Å². The van der Waals surface area contributed by atoms with Gasteiger partial charge in [0, 0.05) is 11.0 Å². The Hall–Kier alpha value is -1.32. The molecule has 0 radical (unpaired) electrons. The summed E-state index contributed by atoms with van der Waals surface area (Å²) in [5, 5.41) is 0. The number of ketones is 1. The van der Waals surface area contributed by atoms with Crippen molar-refractivity contribution in [2.45, 2.75) is 26.4 Å². The summed E-state index contributed by atoms with van der Waals surface area (Å²) < 4.78 is 38.1. The zero-order chi connectivity index (χ0) is 12.1. The molecule has 4 heteroatoms. The lowest BCUT2D eigenvalue weighted by molar-refractivity contribution is -0.137. The smallest absolute Gasteiger partial charge is 0.294 e. The molecular weight excluding hydrogens is 217 g/mol. The van der Waals surface area contributed by atoms with Gasteiger partial charge in [-0.1, -0.05) is 26.0 Å². The molecule has 0 heterocycles. The van der Waals surface area contributed by atoms with Gasteiger partial charge in [0.15, 0.2) is 5.78 Å². The van der Waals surface area contributed by atoms with Gasteiger partial charge in [0.1, 0.15) is 0 Å². The second-order valence-corrected chi connectivity index (χ2v) is 4.73. The maximum atomic E-state index is 12.7. The van der Waals surface area contributed by atoms with Crippen molar-refractivity contribution >= 4 is 5.78 Å². The van der Waals surface area contributed by atoms with E-state index in [-0.39, 0.29) is 5.56 Å². The van der Waals surface area contributed by atoms with E-state index in [1.165, 1.54) is 6.07 Å². The Morgan fingerprint density at radius 1 is 1.25 bits per heavy atom. The highest BCUT2D eigenvalue weighted by Gasteiger charge is 2.44. The van der Waals surface area contributed by atoms with E-state index in [0.29, 0.717) is 12.0 Å². The first-order valence-corrected chi connectivity index (χ1v) is 4.97.